The van der Waals surface area contributed by atoms with Crippen molar-refractivity contribution < 1.29 is 14.1 Å². The number of hydrogen-bond donors (Lipinski definition) is 0. The van der Waals surface area contributed by atoms with Crippen LogP contribution in [0.5, 0.6) is 0 Å². The van der Waals surface area contributed by atoms with Gasteiger partial charge in [0.05, 0.1) is 0 Å². The van der Waals surface area contributed by atoms with Gasteiger partial charge in [-0.2, -0.15) is 0 Å². The molecule has 0 bridgehead atoms. The van der Waals surface area contributed by atoms with E-state index in [0.29, 0.717) is 23.8 Å². The Morgan fingerprint density at radius 2 is 1.96 bits per heavy atom. The summed E-state index contributed by atoms with van der Waals surface area (Å²) in [6.45, 7) is 2.22. The number of aryl methyl sites for hydroxylation is 1. The molecule has 0 aliphatic heterocycles. The lowest BCUT2D eigenvalue weighted by molar-refractivity contribution is -0.146. The monoisotopic (exact) mass is 313 g/mol. The summed E-state index contributed by atoms with van der Waals surface area (Å²) in [5.41, 5.74) is 2.82. The highest BCUT2D eigenvalue weighted by Crippen LogP contribution is 2.27. The Balaban J connectivity index is 1.50. The average molecular weight is 313 g/mol. The molecule has 0 saturated heterocycles. The van der Waals surface area contributed by atoms with Crippen molar-refractivity contribution in [3.05, 3.63) is 41.6 Å². The Morgan fingerprint density at radius 3 is 2.70 bits per heavy atom. The summed E-state index contributed by atoms with van der Waals surface area (Å²) in [6, 6.07) is 9.88. The summed E-state index contributed by atoms with van der Waals surface area (Å²) in [5, 5.41) is 3.98. The van der Waals surface area contributed by atoms with Crippen LogP contribution < -0.4 is 0 Å². The Labute approximate surface area is 136 Å². The average Bonchev–Trinajstić information content (AvgIpc) is 3.04. The van der Waals surface area contributed by atoms with Crippen LogP contribution >= 0.6 is 0 Å². The van der Waals surface area contributed by atoms with Crippen molar-refractivity contribution in [1.82, 2.24) is 5.16 Å². The van der Waals surface area contributed by atoms with Gasteiger partial charge in [-0.3, -0.25) is 4.79 Å². The molecule has 1 heterocycles. The molecular formula is C19H23NO3. The second kappa shape index (κ2) is 7.44. The number of hydrogen-bond acceptors (Lipinski definition) is 4. The Morgan fingerprint density at radius 1 is 1.22 bits per heavy atom. The zero-order valence-electron chi connectivity index (χ0n) is 13.6. The van der Waals surface area contributed by atoms with E-state index < -0.39 is 0 Å². The van der Waals surface area contributed by atoms with Gasteiger partial charge >= 0.3 is 5.97 Å². The molecule has 1 saturated carbocycles. The molecule has 4 nitrogen and oxygen atoms in total. The van der Waals surface area contributed by atoms with Crippen LogP contribution in [0.15, 0.2) is 34.9 Å². The maximum Gasteiger partial charge on any atom is 0.306 e. The third-order valence-electron chi connectivity index (χ3n) is 4.46. The van der Waals surface area contributed by atoms with E-state index >= 15 is 0 Å². The van der Waals surface area contributed by atoms with Gasteiger partial charge in [-0.25, -0.2) is 0 Å². The highest BCUT2D eigenvalue weighted by Gasteiger charge is 2.18. The van der Waals surface area contributed by atoms with Crippen LogP contribution in [0.2, 0.25) is 0 Å². The van der Waals surface area contributed by atoms with Crippen LogP contribution in [0.25, 0.3) is 11.3 Å². The molecule has 1 aliphatic carbocycles. The number of benzene rings is 1. The van der Waals surface area contributed by atoms with Gasteiger partial charge in [0.15, 0.2) is 5.76 Å². The summed E-state index contributed by atoms with van der Waals surface area (Å²) < 4.78 is 10.7. The standard InChI is InChI=1S/C19H23NO3/c1-14-7-9-16(10-8-14)18-12-17(20-23-18)13-22-19(21)11-15-5-3-2-4-6-15/h7-10,12,15H,2-6,11,13H2,1H3. The van der Waals surface area contributed by atoms with Crippen LogP contribution in [-0.2, 0) is 16.1 Å². The lowest BCUT2D eigenvalue weighted by Gasteiger charge is -2.20. The largest absolute Gasteiger partial charge is 0.459 e. The first kappa shape index (κ1) is 15.8. The first-order valence-corrected chi connectivity index (χ1v) is 8.39. The molecule has 1 aromatic carbocycles. The quantitative estimate of drug-likeness (QED) is 0.753. The zero-order chi connectivity index (χ0) is 16.1. The van der Waals surface area contributed by atoms with Gasteiger partial charge in [0, 0.05) is 18.1 Å². The topological polar surface area (TPSA) is 52.3 Å². The Kier molecular flexibility index (Phi) is 5.11. The zero-order valence-corrected chi connectivity index (χ0v) is 13.6. The van der Waals surface area contributed by atoms with E-state index in [2.05, 4.69) is 5.16 Å². The molecule has 2 aromatic rings. The van der Waals surface area contributed by atoms with Crippen LogP contribution in [0, 0.1) is 12.8 Å². The molecular weight excluding hydrogens is 290 g/mol. The molecule has 1 aromatic heterocycles. The molecule has 0 amide bonds. The SMILES string of the molecule is Cc1ccc(-c2cc(COC(=O)CC3CCCCC3)no2)cc1. The predicted molar refractivity (Wildman–Crippen MR) is 87.7 cm³/mol. The minimum Gasteiger partial charge on any atom is -0.459 e. The van der Waals surface area contributed by atoms with Gasteiger partial charge in [-0.05, 0) is 25.7 Å². The molecule has 0 unspecified atom stereocenters. The highest BCUT2D eigenvalue weighted by atomic mass is 16.5. The molecule has 0 atom stereocenters. The van der Waals surface area contributed by atoms with Gasteiger partial charge in [0.2, 0.25) is 0 Å². The molecule has 0 N–H and O–H groups in total. The molecule has 1 fully saturated rings. The van der Waals surface area contributed by atoms with E-state index in [-0.39, 0.29) is 12.6 Å². The predicted octanol–water partition coefficient (Wildman–Crippen LogP) is 4.66. The van der Waals surface area contributed by atoms with Crippen molar-refractivity contribution in [1.29, 1.82) is 0 Å². The van der Waals surface area contributed by atoms with E-state index in [4.69, 9.17) is 9.26 Å². The first-order chi connectivity index (χ1) is 11.2. The lowest BCUT2D eigenvalue weighted by atomic mass is 9.87. The molecule has 122 valence electrons. The Hall–Kier alpha value is -2.10. The maximum absolute atomic E-state index is 11.9. The molecule has 0 spiro atoms. The van der Waals surface area contributed by atoms with Crippen molar-refractivity contribution >= 4 is 5.97 Å². The van der Waals surface area contributed by atoms with Crippen molar-refractivity contribution in [3.63, 3.8) is 0 Å². The van der Waals surface area contributed by atoms with E-state index in [0.717, 1.165) is 18.4 Å². The van der Waals surface area contributed by atoms with Crippen LogP contribution in [0.4, 0.5) is 0 Å². The summed E-state index contributed by atoms with van der Waals surface area (Å²) in [6.07, 6.45) is 6.60. The number of carbonyl (C=O) groups is 1. The molecule has 3 rings (SSSR count). The van der Waals surface area contributed by atoms with Crippen molar-refractivity contribution in [2.45, 2.75) is 52.1 Å². The van der Waals surface area contributed by atoms with Gasteiger partial charge < -0.3 is 9.26 Å². The fourth-order valence-electron chi connectivity index (χ4n) is 3.07. The second-order valence-electron chi connectivity index (χ2n) is 6.42. The number of rotatable bonds is 5. The fourth-order valence-corrected chi connectivity index (χ4v) is 3.07. The smallest absolute Gasteiger partial charge is 0.306 e. The van der Waals surface area contributed by atoms with E-state index in [9.17, 15) is 4.79 Å². The normalized spacial score (nSPS) is 15.5. The highest BCUT2D eigenvalue weighted by molar-refractivity contribution is 5.69. The van der Waals surface area contributed by atoms with Crippen LogP contribution in [0.1, 0.15) is 49.8 Å². The Bertz CT molecular complexity index is 639. The fraction of sp³-hybridized carbons (Fsp3) is 0.474. The first-order valence-electron chi connectivity index (χ1n) is 8.39. The van der Waals surface area contributed by atoms with E-state index in [1.807, 2.05) is 37.3 Å². The van der Waals surface area contributed by atoms with Crippen molar-refractivity contribution in [2.24, 2.45) is 5.92 Å². The second-order valence-corrected chi connectivity index (χ2v) is 6.42. The molecule has 1 aliphatic rings. The van der Waals surface area contributed by atoms with Gasteiger partial charge in [0.1, 0.15) is 12.3 Å². The number of esters is 1. The number of ether oxygens (including phenoxy) is 1. The number of carbonyl (C=O) groups excluding carboxylic acids is 1. The molecule has 4 heteroatoms. The third-order valence-corrected chi connectivity index (χ3v) is 4.46. The van der Waals surface area contributed by atoms with Gasteiger partial charge in [0.25, 0.3) is 0 Å². The van der Waals surface area contributed by atoms with Gasteiger partial charge in [-0.1, -0.05) is 54.2 Å². The van der Waals surface area contributed by atoms with E-state index in [1.54, 1.807) is 0 Å². The summed E-state index contributed by atoms with van der Waals surface area (Å²) >= 11 is 0. The van der Waals surface area contributed by atoms with Gasteiger partial charge in [-0.15, -0.1) is 0 Å². The van der Waals surface area contributed by atoms with Crippen molar-refractivity contribution in [2.75, 3.05) is 0 Å². The van der Waals surface area contributed by atoms with E-state index in [1.165, 1.54) is 24.8 Å². The number of aromatic nitrogens is 1. The summed E-state index contributed by atoms with van der Waals surface area (Å²) in [4.78, 5) is 11.9. The van der Waals surface area contributed by atoms with Crippen LogP contribution in [-0.4, -0.2) is 11.1 Å². The molecule has 0 radical (unpaired) electrons. The lowest BCUT2D eigenvalue weighted by Crippen LogP contribution is -2.14. The van der Waals surface area contributed by atoms with Crippen molar-refractivity contribution in [3.8, 4) is 11.3 Å². The summed E-state index contributed by atoms with van der Waals surface area (Å²) in [5.74, 6) is 1.07. The molecule has 23 heavy (non-hydrogen) atoms. The third kappa shape index (κ3) is 4.44. The number of nitrogens with zero attached hydrogens (tertiary/aromatic N) is 1. The maximum atomic E-state index is 11.9. The summed E-state index contributed by atoms with van der Waals surface area (Å²) in [7, 11) is 0. The van der Waals surface area contributed by atoms with Crippen LogP contribution in [0.3, 0.4) is 0 Å². The minimum absolute atomic E-state index is 0.128. The minimum atomic E-state index is -0.128.